The standard InChI is InChI=1S/C19H17Cl2F3N2O4S/c20-13-4-6-16(17(10-13)31(28,29)26-7-1-2-8-26)30-11-18(27)25-15-9-12(19(22,23)24)3-5-14(15)21/h3-6,9-10H,1-2,7-8,11H2,(H,25,27). The van der Waals surface area contributed by atoms with Crippen LogP contribution >= 0.6 is 23.2 Å². The molecule has 0 spiro atoms. The molecule has 0 unspecified atom stereocenters. The third kappa shape index (κ3) is 5.62. The van der Waals surface area contributed by atoms with Gasteiger partial charge in [0.1, 0.15) is 10.6 Å². The average Bonchev–Trinajstić information content (AvgIpc) is 3.23. The van der Waals surface area contributed by atoms with Crippen LogP contribution in [0.3, 0.4) is 0 Å². The smallest absolute Gasteiger partial charge is 0.416 e. The van der Waals surface area contributed by atoms with Crippen molar-refractivity contribution in [3.63, 3.8) is 0 Å². The van der Waals surface area contributed by atoms with Crippen LogP contribution in [0.2, 0.25) is 10.0 Å². The van der Waals surface area contributed by atoms with Crippen molar-refractivity contribution in [2.24, 2.45) is 0 Å². The largest absolute Gasteiger partial charge is 0.482 e. The summed E-state index contributed by atoms with van der Waals surface area (Å²) in [6.07, 6.45) is -3.14. The number of carbonyl (C=O) groups excluding carboxylic acids is 1. The van der Waals surface area contributed by atoms with E-state index in [0.29, 0.717) is 19.2 Å². The van der Waals surface area contributed by atoms with Crippen LogP contribution in [-0.4, -0.2) is 38.3 Å². The number of halogens is 5. The molecule has 0 aliphatic carbocycles. The van der Waals surface area contributed by atoms with E-state index >= 15 is 0 Å². The number of alkyl halides is 3. The summed E-state index contributed by atoms with van der Waals surface area (Å²) >= 11 is 11.8. The molecule has 0 aromatic heterocycles. The second kappa shape index (κ2) is 9.23. The van der Waals surface area contributed by atoms with Gasteiger partial charge in [-0.3, -0.25) is 4.79 Å². The molecule has 1 aliphatic rings. The Morgan fingerprint density at radius 3 is 2.42 bits per heavy atom. The number of anilines is 1. The molecule has 168 valence electrons. The van der Waals surface area contributed by atoms with Crippen LogP contribution < -0.4 is 10.1 Å². The normalized spacial score (nSPS) is 15.1. The lowest BCUT2D eigenvalue weighted by Gasteiger charge is -2.18. The monoisotopic (exact) mass is 496 g/mol. The predicted molar refractivity (Wildman–Crippen MR) is 110 cm³/mol. The zero-order valence-corrected chi connectivity index (χ0v) is 18.2. The fourth-order valence-electron chi connectivity index (χ4n) is 3.00. The molecule has 1 aliphatic heterocycles. The zero-order chi connectivity index (χ0) is 22.8. The van der Waals surface area contributed by atoms with Crippen molar-refractivity contribution in [1.82, 2.24) is 4.31 Å². The van der Waals surface area contributed by atoms with Gasteiger partial charge in [0.05, 0.1) is 16.3 Å². The minimum absolute atomic E-state index is 0.0925. The molecular formula is C19H17Cl2F3N2O4S. The molecular weight excluding hydrogens is 480 g/mol. The van der Waals surface area contributed by atoms with E-state index in [1.165, 1.54) is 22.5 Å². The van der Waals surface area contributed by atoms with Gasteiger partial charge >= 0.3 is 6.18 Å². The molecule has 2 aromatic carbocycles. The molecule has 1 fully saturated rings. The van der Waals surface area contributed by atoms with E-state index in [0.717, 1.165) is 25.0 Å². The van der Waals surface area contributed by atoms with Crippen molar-refractivity contribution < 1.29 is 31.1 Å². The quantitative estimate of drug-likeness (QED) is 0.622. The van der Waals surface area contributed by atoms with Crippen LogP contribution in [0, 0.1) is 0 Å². The Labute approximate surface area is 186 Å². The van der Waals surface area contributed by atoms with E-state index in [9.17, 15) is 26.4 Å². The number of carbonyl (C=O) groups is 1. The van der Waals surface area contributed by atoms with E-state index in [2.05, 4.69) is 5.32 Å². The summed E-state index contributed by atoms with van der Waals surface area (Å²) in [7, 11) is -3.88. The van der Waals surface area contributed by atoms with Crippen LogP contribution in [0.15, 0.2) is 41.3 Å². The van der Waals surface area contributed by atoms with Crippen LogP contribution in [0.5, 0.6) is 5.75 Å². The maximum Gasteiger partial charge on any atom is 0.416 e. The summed E-state index contributed by atoms with van der Waals surface area (Å²) in [6, 6.07) is 6.45. The van der Waals surface area contributed by atoms with Gasteiger partial charge in [-0.2, -0.15) is 17.5 Å². The van der Waals surface area contributed by atoms with Gasteiger partial charge in [0.15, 0.2) is 6.61 Å². The SMILES string of the molecule is O=C(COc1ccc(Cl)cc1S(=O)(=O)N1CCCC1)Nc1cc(C(F)(F)F)ccc1Cl. The van der Waals surface area contributed by atoms with Crippen molar-refractivity contribution in [3.05, 3.63) is 52.0 Å². The van der Waals surface area contributed by atoms with Gasteiger partial charge in [-0.05, 0) is 49.2 Å². The molecule has 0 bridgehead atoms. The highest BCUT2D eigenvalue weighted by Crippen LogP contribution is 2.34. The molecule has 1 heterocycles. The van der Waals surface area contributed by atoms with Crippen molar-refractivity contribution in [1.29, 1.82) is 0 Å². The van der Waals surface area contributed by atoms with Gasteiger partial charge < -0.3 is 10.1 Å². The number of sulfonamides is 1. The topological polar surface area (TPSA) is 75.7 Å². The lowest BCUT2D eigenvalue weighted by Crippen LogP contribution is -2.29. The highest BCUT2D eigenvalue weighted by atomic mass is 35.5. The number of benzene rings is 2. The predicted octanol–water partition coefficient (Wildman–Crippen LogP) is 4.81. The average molecular weight is 497 g/mol. The number of nitrogens with one attached hydrogen (secondary N) is 1. The summed E-state index contributed by atoms with van der Waals surface area (Å²) in [5.74, 6) is -0.915. The first kappa shape index (κ1) is 23.6. The zero-order valence-electron chi connectivity index (χ0n) is 15.9. The third-order valence-corrected chi connectivity index (χ3v) is 7.00. The Morgan fingerprint density at radius 2 is 1.77 bits per heavy atom. The van der Waals surface area contributed by atoms with Crippen LogP contribution in [-0.2, 0) is 21.0 Å². The van der Waals surface area contributed by atoms with E-state index < -0.39 is 34.3 Å². The molecule has 3 rings (SSSR count). The molecule has 1 amide bonds. The Balaban J connectivity index is 1.76. The Kier molecular flexibility index (Phi) is 7.04. The lowest BCUT2D eigenvalue weighted by atomic mass is 10.2. The van der Waals surface area contributed by atoms with Gasteiger partial charge in [0.25, 0.3) is 5.91 Å². The molecule has 0 atom stereocenters. The van der Waals surface area contributed by atoms with E-state index in [1.807, 2.05) is 0 Å². The molecule has 0 saturated carbocycles. The fourth-order valence-corrected chi connectivity index (χ4v) is 5.07. The number of ether oxygens (including phenoxy) is 1. The Bertz CT molecular complexity index is 1090. The number of hydrogen-bond donors (Lipinski definition) is 1. The van der Waals surface area contributed by atoms with E-state index in [1.54, 1.807) is 0 Å². The third-order valence-electron chi connectivity index (χ3n) is 4.52. The summed E-state index contributed by atoms with van der Waals surface area (Å²) in [6.45, 7) is 0.0718. The summed E-state index contributed by atoms with van der Waals surface area (Å²) in [4.78, 5) is 12.0. The maximum absolute atomic E-state index is 12.9. The van der Waals surface area contributed by atoms with Crippen LogP contribution in [0.4, 0.5) is 18.9 Å². The molecule has 2 aromatic rings. The summed E-state index contributed by atoms with van der Waals surface area (Å²) in [5, 5.41) is 2.31. The van der Waals surface area contributed by atoms with Crippen molar-refractivity contribution in [3.8, 4) is 5.75 Å². The minimum Gasteiger partial charge on any atom is -0.482 e. The lowest BCUT2D eigenvalue weighted by molar-refractivity contribution is -0.137. The van der Waals surface area contributed by atoms with Gasteiger partial charge in [0, 0.05) is 18.1 Å². The second-order valence-corrected chi connectivity index (χ2v) is 9.48. The van der Waals surface area contributed by atoms with Crippen LogP contribution in [0.25, 0.3) is 0 Å². The molecule has 12 heteroatoms. The molecule has 31 heavy (non-hydrogen) atoms. The summed E-state index contributed by atoms with van der Waals surface area (Å²) in [5.41, 5.74) is -1.23. The maximum atomic E-state index is 12.9. The first-order valence-electron chi connectivity index (χ1n) is 9.07. The van der Waals surface area contributed by atoms with Crippen molar-refractivity contribution >= 4 is 44.8 Å². The number of nitrogens with zero attached hydrogens (tertiary/aromatic N) is 1. The van der Waals surface area contributed by atoms with Gasteiger partial charge in [-0.15, -0.1) is 0 Å². The first-order chi connectivity index (χ1) is 14.5. The molecule has 1 saturated heterocycles. The van der Waals surface area contributed by atoms with Crippen molar-refractivity contribution in [2.45, 2.75) is 23.9 Å². The van der Waals surface area contributed by atoms with Gasteiger partial charge in [-0.25, -0.2) is 8.42 Å². The number of amides is 1. The highest BCUT2D eigenvalue weighted by molar-refractivity contribution is 7.89. The van der Waals surface area contributed by atoms with Gasteiger partial charge in [0.2, 0.25) is 10.0 Å². The minimum atomic E-state index is -4.61. The second-order valence-electron chi connectivity index (χ2n) is 6.73. The van der Waals surface area contributed by atoms with Crippen LogP contribution in [0.1, 0.15) is 18.4 Å². The Hall–Kier alpha value is -2.01. The number of rotatable bonds is 6. The molecule has 6 nitrogen and oxygen atoms in total. The fraction of sp³-hybridized carbons (Fsp3) is 0.316. The Morgan fingerprint density at radius 1 is 1.10 bits per heavy atom. The van der Waals surface area contributed by atoms with Crippen molar-refractivity contribution in [2.75, 3.05) is 25.0 Å². The molecule has 1 N–H and O–H groups in total. The van der Waals surface area contributed by atoms with E-state index in [4.69, 9.17) is 27.9 Å². The highest BCUT2D eigenvalue weighted by Gasteiger charge is 2.32. The van der Waals surface area contributed by atoms with E-state index in [-0.39, 0.29) is 26.4 Å². The molecule has 0 radical (unpaired) electrons. The number of hydrogen-bond acceptors (Lipinski definition) is 4. The first-order valence-corrected chi connectivity index (χ1v) is 11.3. The van der Waals surface area contributed by atoms with Gasteiger partial charge in [-0.1, -0.05) is 23.2 Å². The summed E-state index contributed by atoms with van der Waals surface area (Å²) < 4.78 is 71.0.